The molecule has 0 atom stereocenters. The van der Waals surface area contributed by atoms with Crippen LogP contribution in [0.15, 0.2) is 29.1 Å². The molecule has 94 valence electrons. The molecule has 18 heavy (non-hydrogen) atoms. The molecule has 2 N–H and O–H groups in total. The van der Waals surface area contributed by atoms with Crippen molar-refractivity contribution >= 4 is 17.2 Å². The van der Waals surface area contributed by atoms with Crippen molar-refractivity contribution < 1.29 is 4.79 Å². The van der Waals surface area contributed by atoms with Crippen molar-refractivity contribution in [1.29, 1.82) is 0 Å². The molecule has 5 nitrogen and oxygen atoms in total. The topological polar surface area (TPSA) is 74.8 Å². The zero-order valence-electron chi connectivity index (χ0n) is 9.90. The normalized spacial score (nSPS) is 10.3. The lowest BCUT2D eigenvalue weighted by molar-refractivity contribution is 0.0945. The van der Waals surface area contributed by atoms with Crippen LogP contribution in [0.5, 0.6) is 0 Å². The van der Waals surface area contributed by atoms with Gasteiger partial charge in [-0.1, -0.05) is 6.92 Å². The molecule has 0 fully saturated rings. The Labute approximate surface area is 108 Å². The molecule has 0 aliphatic rings. The zero-order chi connectivity index (χ0) is 13.0. The summed E-state index contributed by atoms with van der Waals surface area (Å²) in [6.45, 7) is 2.57. The second kappa shape index (κ2) is 5.59. The summed E-state index contributed by atoms with van der Waals surface area (Å²) >= 11 is 1.68. The molecule has 2 rings (SSSR count). The summed E-state index contributed by atoms with van der Waals surface area (Å²) in [5, 5.41) is 8.65. The van der Waals surface area contributed by atoms with E-state index in [2.05, 4.69) is 28.5 Å². The maximum absolute atomic E-state index is 11.7. The highest BCUT2D eigenvalue weighted by atomic mass is 32.1. The Morgan fingerprint density at radius 1 is 1.33 bits per heavy atom. The third kappa shape index (κ3) is 3.04. The number of aryl methyl sites for hydroxylation is 1. The molecule has 0 saturated heterocycles. The van der Waals surface area contributed by atoms with E-state index in [-0.39, 0.29) is 17.2 Å². The van der Waals surface area contributed by atoms with E-state index < -0.39 is 0 Å². The number of nitrogens with one attached hydrogen (secondary N) is 2. The smallest absolute Gasteiger partial charge is 0.272 e. The van der Waals surface area contributed by atoms with Gasteiger partial charge < -0.3 is 5.32 Å². The molecular weight excluding hydrogens is 250 g/mol. The Bertz CT molecular complexity index is 583. The van der Waals surface area contributed by atoms with Crippen molar-refractivity contribution in [3.05, 3.63) is 50.1 Å². The number of carbonyl (C=O) groups excluding carboxylic acids is 1. The van der Waals surface area contributed by atoms with Crippen LogP contribution in [0, 0.1) is 0 Å². The molecule has 2 heterocycles. The molecule has 0 aliphatic heterocycles. The first-order chi connectivity index (χ1) is 8.69. The van der Waals surface area contributed by atoms with Crippen molar-refractivity contribution in [2.45, 2.75) is 19.9 Å². The number of H-pyrrole nitrogens is 1. The van der Waals surface area contributed by atoms with Crippen LogP contribution in [-0.2, 0) is 13.0 Å². The van der Waals surface area contributed by atoms with Crippen LogP contribution in [-0.4, -0.2) is 16.1 Å². The highest BCUT2D eigenvalue weighted by Gasteiger charge is 2.07. The number of aromatic nitrogens is 2. The van der Waals surface area contributed by atoms with Crippen LogP contribution >= 0.6 is 11.3 Å². The quantitative estimate of drug-likeness (QED) is 0.873. The summed E-state index contributed by atoms with van der Waals surface area (Å²) in [7, 11) is 0. The largest absolute Gasteiger partial charge is 0.346 e. The molecule has 2 aromatic heterocycles. The van der Waals surface area contributed by atoms with Crippen molar-refractivity contribution in [1.82, 2.24) is 15.5 Å². The van der Waals surface area contributed by atoms with Crippen LogP contribution in [0.4, 0.5) is 0 Å². The third-order valence-corrected chi connectivity index (χ3v) is 3.63. The van der Waals surface area contributed by atoms with Crippen molar-refractivity contribution in [2.75, 3.05) is 0 Å². The maximum Gasteiger partial charge on any atom is 0.272 e. The van der Waals surface area contributed by atoms with Crippen LogP contribution < -0.4 is 10.9 Å². The maximum atomic E-state index is 11.7. The van der Waals surface area contributed by atoms with E-state index in [0.717, 1.165) is 11.3 Å². The van der Waals surface area contributed by atoms with E-state index in [9.17, 15) is 9.59 Å². The Morgan fingerprint density at radius 2 is 2.11 bits per heavy atom. The van der Waals surface area contributed by atoms with E-state index >= 15 is 0 Å². The molecule has 0 saturated carbocycles. The Morgan fingerprint density at radius 3 is 2.72 bits per heavy atom. The van der Waals surface area contributed by atoms with Gasteiger partial charge in [0.15, 0.2) is 0 Å². The summed E-state index contributed by atoms with van der Waals surface area (Å²) in [5.41, 5.74) is -0.112. The minimum Gasteiger partial charge on any atom is -0.346 e. The number of hydrogen-bond donors (Lipinski definition) is 2. The van der Waals surface area contributed by atoms with Gasteiger partial charge in [-0.25, -0.2) is 5.10 Å². The third-order valence-electron chi connectivity index (χ3n) is 2.40. The van der Waals surface area contributed by atoms with Gasteiger partial charge in [-0.2, -0.15) is 5.10 Å². The standard InChI is InChI=1S/C12H13N3O2S/c1-2-8-3-4-9(18-8)7-13-12(17)10-5-6-11(16)15-14-10/h3-6H,2,7H2,1H3,(H,13,17)(H,15,16). The van der Waals surface area contributed by atoms with Gasteiger partial charge in [-0.05, 0) is 24.6 Å². The van der Waals surface area contributed by atoms with Gasteiger partial charge in [-0.15, -0.1) is 11.3 Å². The van der Waals surface area contributed by atoms with Gasteiger partial charge in [0.1, 0.15) is 5.69 Å². The Kier molecular flexibility index (Phi) is 3.88. The monoisotopic (exact) mass is 263 g/mol. The number of hydrogen-bond acceptors (Lipinski definition) is 4. The fourth-order valence-corrected chi connectivity index (χ4v) is 2.33. The lowest BCUT2D eigenvalue weighted by atomic mass is 10.3. The first-order valence-electron chi connectivity index (χ1n) is 5.60. The van der Waals surface area contributed by atoms with Crippen molar-refractivity contribution in [3.63, 3.8) is 0 Å². The number of thiophene rings is 1. The minimum atomic E-state index is -0.322. The van der Waals surface area contributed by atoms with E-state index in [1.54, 1.807) is 11.3 Å². The SMILES string of the molecule is CCc1ccc(CNC(=O)c2ccc(=O)[nH]n2)s1. The fourth-order valence-electron chi connectivity index (χ4n) is 1.44. The molecule has 0 aromatic carbocycles. The minimum absolute atomic E-state index is 0.210. The van der Waals surface area contributed by atoms with E-state index in [1.165, 1.54) is 17.0 Å². The van der Waals surface area contributed by atoms with Crippen LogP contribution in [0.1, 0.15) is 27.2 Å². The van der Waals surface area contributed by atoms with Crippen LogP contribution in [0.2, 0.25) is 0 Å². The average molecular weight is 263 g/mol. The molecule has 2 aromatic rings. The van der Waals surface area contributed by atoms with Gasteiger partial charge in [0.05, 0.1) is 6.54 Å². The van der Waals surface area contributed by atoms with Crippen molar-refractivity contribution in [2.24, 2.45) is 0 Å². The predicted molar refractivity (Wildman–Crippen MR) is 69.7 cm³/mol. The van der Waals surface area contributed by atoms with E-state index in [1.807, 2.05) is 6.07 Å². The molecule has 1 amide bonds. The summed E-state index contributed by atoms with van der Waals surface area (Å²) in [6.07, 6.45) is 1.00. The lowest BCUT2D eigenvalue weighted by Gasteiger charge is -2.01. The number of amides is 1. The number of rotatable bonds is 4. The molecule has 0 aliphatic carbocycles. The lowest BCUT2D eigenvalue weighted by Crippen LogP contribution is -2.24. The molecule has 0 radical (unpaired) electrons. The Hall–Kier alpha value is -1.95. The predicted octanol–water partition coefficient (Wildman–Crippen LogP) is 1.32. The molecule has 0 bridgehead atoms. The fraction of sp³-hybridized carbons (Fsp3) is 0.250. The zero-order valence-corrected chi connectivity index (χ0v) is 10.7. The summed E-state index contributed by atoms with van der Waals surface area (Å²) in [5.74, 6) is -0.294. The van der Waals surface area contributed by atoms with Gasteiger partial charge in [0.2, 0.25) is 0 Å². The van der Waals surface area contributed by atoms with Crippen LogP contribution in [0.3, 0.4) is 0 Å². The summed E-state index contributed by atoms with van der Waals surface area (Å²) in [4.78, 5) is 24.9. The first kappa shape index (κ1) is 12.5. The highest BCUT2D eigenvalue weighted by Crippen LogP contribution is 2.16. The van der Waals surface area contributed by atoms with Gasteiger partial charge in [-0.3, -0.25) is 9.59 Å². The molecule has 6 heteroatoms. The highest BCUT2D eigenvalue weighted by molar-refractivity contribution is 7.11. The van der Waals surface area contributed by atoms with Gasteiger partial charge in [0, 0.05) is 15.8 Å². The first-order valence-corrected chi connectivity index (χ1v) is 6.42. The second-order valence-corrected chi connectivity index (χ2v) is 4.96. The van der Waals surface area contributed by atoms with Gasteiger partial charge >= 0.3 is 0 Å². The van der Waals surface area contributed by atoms with Crippen molar-refractivity contribution in [3.8, 4) is 0 Å². The van der Waals surface area contributed by atoms with Gasteiger partial charge in [0.25, 0.3) is 11.5 Å². The average Bonchev–Trinajstić information content (AvgIpc) is 2.85. The Balaban J connectivity index is 1.95. The number of carbonyl (C=O) groups is 1. The summed E-state index contributed by atoms with van der Waals surface area (Å²) in [6, 6.07) is 6.75. The molecular formula is C12H13N3O2S. The van der Waals surface area contributed by atoms with Crippen LogP contribution in [0.25, 0.3) is 0 Å². The van der Waals surface area contributed by atoms with E-state index in [0.29, 0.717) is 6.54 Å². The van der Waals surface area contributed by atoms with E-state index in [4.69, 9.17) is 0 Å². The summed E-state index contributed by atoms with van der Waals surface area (Å²) < 4.78 is 0. The second-order valence-electron chi connectivity index (χ2n) is 3.71. The number of nitrogens with zero attached hydrogens (tertiary/aromatic N) is 1. The molecule has 0 spiro atoms. The molecule has 0 unspecified atom stereocenters. The number of aromatic amines is 1.